The lowest BCUT2D eigenvalue weighted by atomic mass is 10.1. The van der Waals surface area contributed by atoms with Crippen LogP contribution in [0.4, 0.5) is 11.4 Å². The first-order valence-electron chi connectivity index (χ1n) is 9.10. The van der Waals surface area contributed by atoms with Crippen molar-refractivity contribution in [1.29, 1.82) is 0 Å². The van der Waals surface area contributed by atoms with Gasteiger partial charge in [0.2, 0.25) is 0 Å². The molecule has 0 aliphatic carbocycles. The first kappa shape index (κ1) is 18.7. The maximum atomic E-state index is 5.48. The van der Waals surface area contributed by atoms with Crippen LogP contribution < -0.4 is 15.5 Å². The van der Waals surface area contributed by atoms with E-state index in [1.54, 1.807) is 0 Å². The first-order chi connectivity index (χ1) is 12.5. The molecule has 0 radical (unpaired) electrons. The Kier molecular flexibility index (Phi) is 6.12. The molecule has 1 saturated heterocycles. The Hall–Kier alpha value is -2.11. The van der Waals surface area contributed by atoms with Crippen molar-refractivity contribution in [3.05, 3.63) is 59.2 Å². The van der Waals surface area contributed by atoms with Crippen LogP contribution in [0.5, 0.6) is 0 Å². The summed E-state index contributed by atoms with van der Waals surface area (Å²) in [7, 11) is 0. The second-order valence-corrected chi connectivity index (χ2v) is 7.30. The summed E-state index contributed by atoms with van der Waals surface area (Å²) in [6.07, 6.45) is 0. The molecule has 26 heavy (non-hydrogen) atoms. The fraction of sp³-hybridized carbons (Fsp3) is 0.381. The Balaban J connectivity index is 1.58. The van der Waals surface area contributed by atoms with Crippen LogP contribution in [0.15, 0.2) is 42.5 Å². The van der Waals surface area contributed by atoms with E-state index in [2.05, 4.69) is 78.8 Å². The van der Waals surface area contributed by atoms with Gasteiger partial charge >= 0.3 is 0 Å². The summed E-state index contributed by atoms with van der Waals surface area (Å²) in [5.74, 6) is 0. The number of ether oxygens (including phenoxy) is 1. The Morgan fingerprint density at radius 1 is 1.04 bits per heavy atom. The van der Waals surface area contributed by atoms with E-state index in [4.69, 9.17) is 17.0 Å². The maximum Gasteiger partial charge on any atom is 0.171 e. The van der Waals surface area contributed by atoms with Crippen molar-refractivity contribution in [3.8, 4) is 0 Å². The minimum Gasteiger partial charge on any atom is -0.378 e. The zero-order chi connectivity index (χ0) is 18.5. The fourth-order valence-corrected chi connectivity index (χ4v) is 3.58. The highest BCUT2D eigenvalue weighted by Crippen LogP contribution is 2.20. The van der Waals surface area contributed by atoms with Gasteiger partial charge in [0.1, 0.15) is 0 Å². The lowest BCUT2D eigenvalue weighted by Crippen LogP contribution is -2.36. The van der Waals surface area contributed by atoms with Gasteiger partial charge in [0, 0.05) is 24.5 Å². The summed E-state index contributed by atoms with van der Waals surface area (Å²) < 4.78 is 5.42. The molecule has 0 saturated carbocycles. The molecule has 0 aromatic heterocycles. The van der Waals surface area contributed by atoms with Crippen LogP contribution in [0.25, 0.3) is 0 Å². The lowest BCUT2D eigenvalue weighted by molar-refractivity contribution is 0.122. The van der Waals surface area contributed by atoms with Gasteiger partial charge in [-0.25, -0.2) is 0 Å². The van der Waals surface area contributed by atoms with Crippen molar-refractivity contribution < 1.29 is 4.74 Å². The molecule has 1 unspecified atom stereocenters. The van der Waals surface area contributed by atoms with E-state index in [0.717, 1.165) is 32.0 Å². The van der Waals surface area contributed by atoms with E-state index >= 15 is 0 Å². The Morgan fingerprint density at radius 3 is 2.27 bits per heavy atom. The van der Waals surface area contributed by atoms with E-state index < -0.39 is 0 Å². The predicted octanol–water partition coefficient (Wildman–Crippen LogP) is 4.19. The van der Waals surface area contributed by atoms with Gasteiger partial charge in [-0.05, 0) is 73.9 Å². The van der Waals surface area contributed by atoms with E-state index in [9.17, 15) is 0 Å². The molecule has 1 aliphatic heterocycles. The number of morpholine rings is 1. The second kappa shape index (κ2) is 8.52. The molecule has 0 amide bonds. The number of hydrogen-bond acceptors (Lipinski definition) is 3. The van der Waals surface area contributed by atoms with Crippen LogP contribution in [0.1, 0.15) is 29.7 Å². The van der Waals surface area contributed by atoms with E-state index in [0.29, 0.717) is 5.11 Å². The molecule has 1 fully saturated rings. The van der Waals surface area contributed by atoms with E-state index in [1.165, 1.54) is 22.4 Å². The molecule has 1 heterocycles. The number of nitrogens with zero attached hydrogens (tertiary/aromatic N) is 1. The quantitative estimate of drug-likeness (QED) is 0.791. The molecule has 138 valence electrons. The molecule has 3 rings (SSSR count). The zero-order valence-electron chi connectivity index (χ0n) is 15.7. The van der Waals surface area contributed by atoms with Gasteiger partial charge in [-0.1, -0.05) is 18.2 Å². The molecule has 4 nitrogen and oxygen atoms in total. The standard InChI is InChI=1S/C21H27N3OS/c1-15-12-16(2)14-19(13-15)23-21(26)22-17(3)18-4-6-20(7-5-18)24-8-10-25-11-9-24/h4-7,12-14,17H,8-11H2,1-3H3,(H2,22,23,26). The fourth-order valence-electron chi connectivity index (χ4n) is 3.29. The van der Waals surface area contributed by atoms with Crippen molar-refractivity contribution in [1.82, 2.24) is 5.32 Å². The summed E-state index contributed by atoms with van der Waals surface area (Å²) in [4.78, 5) is 2.36. The highest BCUT2D eigenvalue weighted by Gasteiger charge is 2.12. The highest BCUT2D eigenvalue weighted by atomic mass is 32.1. The third kappa shape index (κ3) is 4.96. The van der Waals surface area contributed by atoms with Crippen LogP contribution in [0, 0.1) is 13.8 Å². The number of nitrogens with one attached hydrogen (secondary N) is 2. The van der Waals surface area contributed by atoms with Crippen LogP contribution in [-0.2, 0) is 4.74 Å². The predicted molar refractivity (Wildman–Crippen MR) is 113 cm³/mol. The van der Waals surface area contributed by atoms with Crippen LogP contribution in [0.2, 0.25) is 0 Å². The molecule has 2 N–H and O–H groups in total. The monoisotopic (exact) mass is 369 g/mol. The number of thiocarbonyl (C=S) groups is 1. The van der Waals surface area contributed by atoms with Gasteiger partial charge in [0.25, 0.3) is 0 Å². The van der Waals surface area contributed by atoms with Gasteiger partial charge in [0.15, 0.2) is 5.11 Å². The Bertz CT molecular complexity index is 734. The van der Waals surface area contributed by atoms with E-state index in [-0.39, 0.29) is 6.04 Å². The molecule has 0 spiro atoms. The first-order valence-corrected chi connectivity index (χ1v) is 9.50. The second-order valence-electron chi connectivity index (χ2n) is 6.89. The molecule has 1 aliphatic rings. The summed E-state index contributed by atoms with van der Waals surface area (Å²) in [6.45, 7) is 9.82. The number of anilines is 2. The van der Waals surface area contributed by atoms with Crippen LogP contribution in [0.3, 0.4) is 0 Å². The average molecular weight is 370 g/mol. The average Bonchev–Trinajstić information content (AvgIpc) is 2.61. The third-order valence-electron chi connectivity index (χ3n) is 4.60. The smallest absolute Gasteiger partial charge is 0.171 e. The largest absolute Gasteiger partial charge is 0.378 e. The summed E-state index contributed by atoms with van der Waals surface area (Å²) in [5, 5.41) is 7.29. The molecular formula is C21H27N3OS. The van der Waals surface area contributed by atoms with E-state index in [1.807, 2.05) is 0 Å². The van der Waals surface area contributed by atoms with Gasteiger partial charge in [-0.15, -0.1) is 0 Å². The summed E-state index contributed by atoms with van der Waals surface area (Å²) in [6, 6.07) is 15.2. The maximum absolute atomic E-state index is 5.48. The highest BCUT2D eigenvalue weighted by molar-refractivity contribution is 7.80. The van der Waals surface area contributed by atoms with Crippen molar-refractivity contribution in [2.75, 3.05) is 36.5 Å². The Morgan fingerprint density at radius 2 is 1.65 bits per heavy atom. The zero-order valence-corrected chi connectivity index (χ0v) is 16.5. The minimum absolute atomic E-state index is 0.139. The number of hydrogen-bond donors (Lipinski definition) is 2. The lowest BCUT2D eigenvalue weighted by Gasteiger charge is -2.29. The van der Waals surface area contributed by atoms with Crippen molar-refractivity contribution in [3.63, 3.8) is 0 Å². The molecule has 5 heteroatoms. The number of benzene rings is 2. The molecular weight excluding hydrogens is 342 g/mol. The topological polar surface area (TPSA) is 36.5 Å². The van der Waals surface area contributed by atoms with Crippen molar-refractivity contribution in [2.45, 2.75) is 26.8 Å². The summed E-state index contributed by atoms with van der Waals surface area (Å²) in [5.41, 5.74) is 5.94. The van der Waals surface area contributed by atoms with Gasteiger partial charge in [-0.2, -0.15) is 0 Å². The molecule has 1 atom stereocenters. The normalized spacial score (nSPS) is 15.4. The molecule has 2 aromatic carbocycles. The van der Waals surface area contributed by atoms with Gasteiger partial charge < -0.3 is 20.3 Å². The van der Waals surface area contributed by atoms with Gasteiger partial charge in [-0.3, -0.25) is 0 Å². The SMILES string of the molecule is Cc1cc(C)cc(NC(=S)NC(C)c2ccc(N3CCOCC3)cc2)c1. The summed E-state index contributed by atoms with van der Waals surface area (Å²) >= 11 is 5.48. The van der Waals surface area contributed by atoms with Crippen LogP contribution >= 0.6 is 12.2 Å². The number of rotatable bonds is 4. The minimum atomic E-state index is 0.139. The Labute approximate surface area is 161 Å². The van der Waals surface area contributed by atoms with Crippen LogP contribution in [-0.4, -0.2) is 31.4 Å². The van der Waals surface area contributed by atoms with Crippen molar-refractivity contribution >= 4 is 28.7 Å². The van der Waals surface area contributed by atoms with Gasteiger partial charge in [0.05, 0.1) is 19.3 Å². The molecule has 0 bridgehead atoms. The molecule has 2 aromatic rings. The number of aryl methyl sites for hydroxylation is 2. The third-order valence-corrected chi connectivity index (χ3v) is 4.82. The van der Waals surface area contributed by atoms with Crippen molar-refractivity contribution in [2.24, 2.45) is 0 Å².